The number of fused-ring (bicyclic) bond motifs is 1. The molecule has 0 saturated heterocycles. The Morgan fingerprint density at radius 3 is 3.08 bits per heavy atom. The average Bonchev–Trinajstić information content (AvgIpc) is 2.03. The highest BCUT2D eigenvalue weighted by atomic mass is 15.1. The van der Waals surface area contributed by atoms with Gasteiger partial charge in [-0.15, -0.1) is 0 Å². The number of aromatic nitrogens is 1. The third kappa shape index (κ3) is 1.34. The quantitative estimate of drug-likeness (QED) is 0.505. The Balaban J connectivity index is 2.37. The van der Waals surface area contributed by atoms with Crippen LogP contribution in [-0.2, 0) is 20.0 Å². The molecule has 0 aliphatic carbocycles. The molecule has 64 valence electrons. The van der Waals surface area contributed by atoms with Gasteiger partial charge in [0, 0.05) is 24.7 Å². The summed E-state index contributed by atoms with van der Waals surface area (Å²) in [5, 5.41) is 0. The van der Waals surface area contributed by atoms with E-state index in [0.717, 1.165) is 6.54 Å². The number of aryl methyl sites for hydroxylation is 1. The lowest BCUT2D eigenvalue weighted by Gasteiger charge is -2.23. The second kappa shape index (κ2) is 2.87. The van der Waals surface area contributed by atoms with E-state index in [4.69, 9.17) is 0 Å². The summed E-state index contributed by atoms with van der Waals surface area (Å²) in [6, 6.07) is 2.24. The zero-order valence-corrected chi connectivity index (χ0v) is 7.75. The molecule has 0 fully saturated rings. The van der Waals surface area contributed by atoms with Crippen LogP contribution in [0.2, 0.25) is 0 Å². The number of pyridine rings is 1. The van der Waals surface area contributed by atoms with E-state index >= 15 is 0 Å². The molecule has 0 radical (unpaired) electrons. The van der Waals surface area contributed by atoms with Crippen molar-refractivity contribution in [2.45, 2.75) is 13.0 Å². The van der Waals surface area contributed by atoms with Crippen molar-refractivity contribution in [2.75, 3.05) is 13.6 Å². The fourth-order valence-corrected chi connectivity index (χ4v) is 1.75. The van der Waals surface area contributed by atoms with Gasteiger partial charge in [-0.05, 0) is 19.0 Å². The predicted molar refractivity (Wildman–Crippen MR) is 47.7 cm³/mol. The highest BCUT2D eigenvalue weighted by Crippen LogP contribution is 2.14. The Bertz CT molecular complexity index is 294. The highest BCUT2D eigenvalue weighted by Gasteiger charge is 2.14. The Labute approximate surface area is 73.4 Å². The molecule has 2 nitrogen and oxygen atoms in total. The van der Waals surface area contributed by atoms with Crippen LogP contribution in [0.1, 0.15) is 11.1 Å². The van der Waals surface area contributed by atoms with E-state index in [0.29, 0.717) is 0 Å². The van der Waals surface area contributed by atoms with E-state index in [-0.39, 0.29) is 0 Å². The smallest absolute Gasteiger partial charge is 0.173 e. The van der Waals surface area contributed by atoms with Gasteiger partial charge in [-0.25, -0.2) is 4.57 Å². The second-order valence-corrected chi connectivity index (χ2v) is 3.65. The first-order chi connectivity index (χ1) is 5.75. The molecule has 0 aromatic carbocycles. The van der Waals surface area contributed by atoms with Crippen molar-refractivity contribution in [3.05, 3.63) is 29.6 Å². The van der Waals surface area contributed by atoms with Crippen molar-refractivity contribution in [1.82, 2.24) is 4.90 Å². The van der Waals surface area contributed by atoms with E-state index in [9.17, 15) is 0 Å². The molecule has 0 unspecified atom stereocenters. The molecule has 1 aromatic rings. The molecular formula is C10H15N2+. The summed E-state index contributed by atoms with van der Waals surface area (Å²) in [7, 11) is 4.25. The lowest BCUT2D eigenvalue weighted by atomic mass is 10.0. The summed E-state index contributed by atoms with van der Waals surface area (Å²) in [4.78, 5) is 2.36. The van der Waals surface area contributed by atoms with Gasteiger partial charge < -0.3 is 4.90 Å². The zero-order chi connectivity index (χ0) is 8.55. The number of hydrogen-bond donors (Lipinski definition) is 0. The van der Waals surface area contributed by atoms with E-state index < -0.39 is 0 Å². The van der Waals surface area contributed by atoms with Crippen LogP contribution in [0.15, 0.2) is 18.5 Å². The first-order valence-corrected chi connectivity index (χ1v) is 4.41. The van der Waals surface area contributed by atoms with Crippen molar-refractivity contribution < 1.29 is 4.57 Å². The molecule has 1 aliphatic rings. The molecule has 0 saturated carbocycles. The summed E-state index contributed by atoms with van der Waals surface area (Å²) < 4.78 is 2.12. The van der Waals surface area contributed by atoms with Gasteiger partial charge in [0.05, 0.1) is 0 Å². The maximum absolute atomic E-state index is 2.36. The van der Waals surface area contributed by atoms with Gasteiger partial charge in [0.15, 0.2) is 12.4 Å². The minimum absolute atomic E-state index is 1.10. The van der Waals surface area contributed by atoms with Crippen LogP contribution in [0.5, 0.6) is 0 Å². The first kappa shape index (κ1) is 7.74. The number of rotatable bonds is 0. The maximum atomic E-state index is 2.36. The van der Waals surface area contributed by atoms with Gasteiger partial charge in [0.2, 0.25) is 0 Å². The molecule has 0 atom stereocenters. The monoisotopic (exact) mass is 163 g/mol. The minimum Gasteiger partial charge on any atom is -0.302 e. The maximum Gasteiger partial charge on any atom is 0.173 e. The Morgan fingerprint density at radius 1 is 1.42 bits per heavy atom. The fraction of sp³-hybridized carbons (Fsp3) is 0.500. The number of likely N-dealkylation sites (N-methyl/N-ethyl adjacent to an activating group) is 1. The number of nitrogens with zero attached hydrogens (tertiary/aromatic N) is 2. The Hall–Kier alpha value is -0.890. The van der Waals surface area contributed by atoms with Crippen molar-refractivity contribution >= 4 is 0 Å². The molecule has 1 aromatic heterocycles. The Kier molecular flexibility index (Phi) is 1.85. The van der Waals surface area contributed by atoms with Gasteiger partial charge in [-0.1, -0.05) is 0 Å². The molecule has 1 aliphatic heterocycles. The molecule has 0 N–H and O–H groups in total. The topological polar surface area (TPSA) is 7.12 Å². The van der Waals surface area contributed by atoms with Crippen molar-refractivity contribution in [1.29, 1.82) is 0 Å². The van der Waals surface area contributed by atoms with Gasteiger partial charge in [-0.2, -0.15) is 0 Å². The van der Waals surface area contributed by atoms with Crippen LogP contribution in [0.25, 0.3) is 0 Å². The van der Waals surface area contributed by atoms with Crippen molar-refractivity contribution in [3.63, 3.8) is 0 Å². The minimum atomic E-state index is 1.10. The first-order valence-electron chi connectivity index (χ1n) is 4.41. The summed E-state index contributed by atoms with van der Waals surface area (Å²) in [6.45, 7) is 2.30. The van der Waals surface area contributed by atoms with Crippen molar-refractivity contribution in [3.8, 4) is 0 Å². The molecule has 2 heterocycles. The van der Waals surface area contributed by atoms with E-state index in [1.54, 1.807) is 0 Å². The summed E-state index contributed by atoms with van der Waals surface area (Å²) in [6.07, 6.45) is 5.56. The number of hydrogen-bond acceptors (Lipinski definition) is 1. The third-order valence-corrected chi connectivity index (χ3v) is 2.49. The summed E-state index contributed by atoms with van der Waals surface area (Å²) in [5.41, 5.74) is 3.00. The predicted octanol–water partition coefficient (Wildman–Crippen LogP) is 0.499. The lowest BCUT2D eigenvalue weighted by Crippen LogP contribution is -2.33. The second-order valence-electron chi connectivity index (χ2n) is 3.65. The standard InChI is InChI=1S/C10H15N2/c1-11-5-3-9-4-6-12(2)8-10(9)7-11/h3,5,7H,4,6,8H2,1-2H3/q+1. The van der Waals surface area contributed by atoms with Gasteiger partial charge in [0.25, 0.3) is 0 Å². The normalized spacial score (nSPS) is 17.5. The lowest BCUT2D eigenvalue weighted by molar-refractivity contribution is -0.672. The van der Waals surface area contributed by atoms with Gasteiger partial charge in [-0.3, -0.25) is 0 Å². The van der Waals surface area contributed by atoms with Crippen LogP contribution in [-0.4, -0.2) is 18.5 Å². The molecule has 2 rings (SSSR count). The Morgan fingerprint density at radius 2 is 2.25 bits per heavy atom. The van der Waals surface area contributed by atoms with E-state index in [1.165, 1.54) is 24.1 Å². The van der Waals surface area contributed by atoms with E-state index in [1.807, 2.05) is 0 Å². The van der Waals surface area contributed by atoms with Crippen LogP contribution in [0, 0.1) is 0 Å². The molecule has 12 heavy (non-hydrogen) atoms. The third-order valence-electron chi connectivity index (χ3n) is 2.49. The van der Waals surface area contributed by atoms with Gasteiger partial charge in [0.1, 0.15) is 7.05 Å². The highest BCUT2D eigenvalue weighted by molar-refractivity contribution is 5.23. The van der Waals surface area contributed by atoms with Crippen molar-refractivity contribution in [2.24, 2.45) is 7.05 Å². The molecule has 0 spiro atoms. The van der Waals surface area contributed by atoms with Crippen LogP contribution in [0.4, 0.5) is 0 Å². The van der Waals surface area contributed by atoms with Crippen LogP contribution in [0.3, 0.4) is 0 Å². The fourth-order valence-electron chi connectivity index (χ4n) is 1.75. The summed E-state index contributed by atoms with van der Waals surface area (Å²) in [5.74, 6) is 0. The molecular weight excluding hydrogens is 148 g/mol. The van der Waals surface area contributed by atoms with Crippen LogP contribution >= 0.6 is 0 Å². The SMILES string of the molecule is CN1CCc2cc[n+](C)cc2C1. The zero-order valence-electron chi connectivity index (χ0n) is 7.75. The van der Waals surface area contributed by atoms with E-state index in [2.05, 4.69) is 42.0 Å². The average molecular weight is 163 g/mol. The molecule has 0 amide bonds. The largest absolute Gasteiger partial charge is 0.302 e. The molecule has 2 heteroatoms. The molecule has 0 bridgehead atoms. The van der Waals surface area contributed by atoms with Crippen LogP contribution < -0.4 is 4.57 Å². The van der Waals surface area contributed by atoms with Gasteiger partial charge >= 0.3 is 0 Å². The summed E-state index contributed by atoms with van der Waals surface area (Å²) >= 11 is 0.